The predicted octanol–water partition coefficient (Wildman–Crippen LogP) is 2.37. The molecule has 20 heavy (non-hydrogen) atoms. The molecule has 7 heteroatoms. The first-order valence-corrected chi connectivity index (χ1v) is 6.11. The van der Waals surface area contributed by atoms with Crippen LogP contribution in [0.1, 0.15) is 23.1 Å². The van der Waals surface area contributed by atoms with E-state index in [9.17, 15) is 14.9 Å². The highest BCUT2D eigenvalue weighted by Crippen LogP contribution is 2.16. The topological polar surface area (TPSA) is 90.1 Å². The first kappa shape index (κ1) is 13.7. The predicted molar refractivity (Wildman–Crippen MR) is 73.7 cm³/mol. The number of anilines is 1. The average Bonchev–Trinajstić information content (AvgIpc) is 2.80. The lowest BCUT2D eigenvalue weighted by molar-refractivity contribution is -0.384. The van der Waals surface area contributed by atoms with Crippen molar-refractivity contribution in [3.05, 3.63) is 51.8 Å². The molecule has 0 fully saturated rings. The Morgan fingerprint density at radius 2 is 2.05 bits per heavy atom. The molecule has 1 amide bonds. The number of carbonyl (C=O) groups excluding carboxylic acids is 1. The van der Waals surface area contributed by atoms with Crippen molar-refractivity contribution in [1.29, 1.82) is 0 Å². The Labute approximate surface area is 115 Å². The number of nitrogens with zero attached hydrogens (tertiary/aromatic N) is 3. The molecule has 104 valence electrons. The first-order valence-electron chi connectivity index (χ1n) is 6.11. The van der Waals surface area contributed by atoms with Gasteiger partial charge in [0.1, 0.15) is 5.69 Å². The Hall–Kier alpha value is -2.70. The molecule has 0 unspecified atom stereocenters. The molecule has 0 saturated heterocycles. The Kier molecular flexibility index (Phi) is 3.79. The van der Waals surface area contributed by atoms with Gasteiger partial charge in [-0.15, -0.1) is 0 Å². The summed E-state index contributed by atoms with van der Waals surface area (Å²) in [5.74, 6) is -0.290. The van der Waals surface area contributed by atoms with E-state index >= 15 is 0 Å². The Bertz CT molecular complexity index is 646. The summed E-state index contributed by atoms with van der Waals surface area (Å²) in [6.45, 7) is 4.31. The minimum atomic E-state index is -0.485. The lowest BCUT2D eigenvalue weighted by Gasteiger charge is -2.06. The molecule has 0 aliphatic carbocycles. The van der Waals surface area contributed by atoms with Crippen molar-refractivity contribution in [1.82, 2.24) is 9.78 Å². The number of aromatic nitrogens is 2. The molecule has 0 atom stereocenters. The van der Waals surface area contributed by atoms with Crippen LogP contribution in [-0.4, -0.2) is 20.6 Å². The first-order chi connectivity index (χ1) is 9.51. The third-order valence-electron chi connectivity index (χ3n) is 2.77. The van der Waals surface area contributed by atoms with Crippen molar-refractivity contribution in [3.8, 4) is 0 Å². The van der Waals surface area contributed by atoms with Gasteiger partial charge in [0.2, 0.25) is 0 Å². The van der Waals surface area contributed by atoms with Gasteiger partial charge in [-0.2, -0.15) is 5.10 Å². The maximum Gasteiger partial charge on any atom is 0.273 e. The van der Waals surface area contributed by atoms with Crippen LogP contribution in [0.15, 0.2) is 30.3 Å². The monoisotopic (exact) mass is 274 g/mol. The van der Waals surface area contributed by atoms with E-state index in [1.165, 1.54) is 24.3 Å². The van der Waals surface area contributed by atoms with Gasteiger partial charge in [0.15, 0.2) is 0 Å². The van der Waals surface area contributed by atoms with Crippen LogP contribution in [0, 0.1) is 17.0 Å². The molecule has 0 bridgehead atoms. The third kappa shape index (κ3) is 2.82. The van der Waals surface area contributed by atoms with Gasteiger partial charge >= 0.3 is 0 Å². The van der Waals surface area contributed by atoms with Crippen LogP contribution in [0.3, 0.4) is 0 Å². The van der Waals surface area contributed by atoms with E-state index in [0.29, 0.717) is 17.9 Å². The molecular formula is C13H14N4O3. The highest BCUT2D eigenvalue weighted by Gasteiger charge is 2.13. The third-order valence-corrected chi connectivity index (χ3v) is 2.77. The number of nitro benzene ring substituents is 1. The second-order valence-corrected chi connectivity index (χ2v) is 4.24. The van der Waals surface area contributed by atoms with Crippen LogP contribution >= 0.6 is 0 Å². The number of rotatable bonds is 4. The molecule has 7 nitrogen and oxygen atoms in total. The lowest BCUT2D eigenvalue weighted by Crippen LogP contribution is -2.17. The lowest BCUT2D eigenvalue weighted by atomic mass is 10.2. The van der Waals surface area contributed by atoms with E-state index < -0.39 is 4.92 Å². The number of benzene rings is 1. The maximum absolute atomic E-state index is 12.1. The van der Waals surface area contributed by atoms with Crippen molar-refractivity contribution >= 4 is 17.3 Å². The second kappa shape index (κ2) is 5.52. The van der Waals surface area contributed by atoms with Crippen molar-refractivity contribution in [2.45, 2.75) is 20.4 Å². The number of non-ortho nitro benzene ring substituents is 1. The van der Waals surface area contributed by atoms with Crippen LogP contribution in [0.4, 0.5) is 11.4 Å². The fraction of sp³-hybridized carbons (Fsp3) is 0.231. The summed E-state index contributed by atoms with van der Waals surface area (Å²) < 4.78 is 1.61. The van der Waals surface area contributed by atoms with Gasteiger partial charge in [0.25, 0.3) is 11.6 Å². The van der Waals surface area contributed by atoms with Crippen molar-refractivity contribution in [2.75, 3.05) is 5.32 Å². The van der Waals surface area contributed by atoms with Gasteiger partial charge < -0.3 is 5.32 Å². The summed E-state index contributed by atoms with van der Waals surface area (Å²) in [4.78, 5) is 22.2. The van der Waals surface area contributed by atoms with Crippen molar-refractivity contribution < 1.29 is 9.72 Å². The Morgan fingerprint density at radius 3 is 2.60 bits per heavy atom. The zero-order valence-corrected chi connectivity index (χ0v) is 11.2. The van der Waals surface area contributed by atoms with Crippen LogP contribution in [-0.2, 0) is 6.54 Å². The van der Waals surface area contributed by atoms with E-state index in [0.717, 1.165) is 5.69 Å². The van der Waals surface area contributed by atoms with E-state index in [1.54, 1.807) is 10.7 Å². The zero-order valence-electron chi connectivity index (χ0n) is 11.2. The number of nitro groups is 1. The van der Waals surface area contributed by atoms with Crippen molar-refractivity contribution in [2.24, 2.45) is 0 Å². The van der Waals surface area contributed by atoms with Crippen LogP contribution < -0.4 is 5.32 Å². The molecule has 2 rings (SSSR count). The summed E-state index contributed by atoms with van der Waals surface area (Å²) in [6.07, 6.45) is 0. The number of carbonyl (C=O) groups is 1. The summed E-state index contributed by atoms with van der Waals surface area (Å²) in [5, 5.41) is 17.4. The maximum atomic E-state index is 12.1. The zero-order chi connectivity index (χ0) is 14.7. The van der Waals surface area contributed by atoms with Gasteiger partial charge in [-0.25, -0.2) is 0 Å². The highest BCUT2D eigenvalue weighted by molar-refractivity contribution is 6.03. The molecule has 0 saturated carbocycles. The number of nitrogens with one attached hydrogen (secondary N) is 1. The van der Waals surface area contributed by atoms with E-state index in [-0.39, 0.29) is 11.6 Å². The van der Waals surface area contributed by atoms with Crippen LogP contribution in [0.5, 0.6) is 0 Å². The largest absolute Gasteiger partial charge is 0.321 e. The second-order valence-electron chi connectivity index (χ2n) is 4.24. The number of amides is 1. The van der Waals surface area contributed by atoms with Crippen LogP contribution in [0.25, 0.3) is 0 Å². The number of hydrogen-bond acceptors (Lipinski definition) is 4. The minimum absolute atomic E-state index is 0.0163. The van der Waals surface area contributed by atoms with Gasteiger partial charge in [-0.3, -0.25) is 19.6 Å². The molecule has 1 N–H and O–H groups in total. The fourth-order valence-electron chi connectivity index (χ4n) is 1.83. The Balaban J connectivity index is 2.16. The number of aryl methyl sites for hydroxylation is 2. The summed E-state index contributed by atoms with van der Waals surface area (Å²) in [5.41, 5.74) is 1.71. The van der Waals surface area contributed by atoms with Crippen molar-refractivity contribution in [3.63, 3.8) is 0 Å². The quantitative estimate of drug-likeness (QED) is 0.684. The van der Waals surface area contributed by atoms with E-state index in [2.05, 4.69) is 10.4 Å². The fourth-order valence-corrected chi connectivity index (χ4v) is 1.83. The van der Waals surface area contributed by atoms with Crippen LogP contribution in [0.2, 0.25) is 0 Å². The number of hydrogen-bond donors (Lipinski definition) is 1. The SMILES string of the molecule is CCn1nc(C)cc1C(=O)Nc1ccc([N+](=O)[O-])cc1. The summed E-state index contributed by atoms with van der Waals surface area (Å²) >= 11 is 0. The molecule has 2 aromatic rings. The Morgan fingerprint density at radius 1 is 1.40 bits per heavy atom. The standard InChI is InChI=1S/C13H14N4O3/c1-3-16-12(8-9(2)15-16)13(18)14-10-4-6-11(7-5-10)17(19)20/h4-8H,3H2,1-2H3,(H,14,18). The van der Waals surface area contributed by atoms with Gasteiger partial charge in [-0.05, 0) is 32.0 Å². The average molecular weight is 274 g/mol. The highest BCUT2D eigenvalue weighted by atomic mass is 16.6. The van der Waals surface area contributed by atoms with E-state index in [4.69, 9.17) is 0 Å². The smallest absolute Gasteiger partial charge is 0.273 e. The van der Waals surface area contributed by atoms with Gasteiger partial charge in [0.05, 0.1) is 10.6 Å². The molecular weight excluding hydrogens is 260 g/mol. The van der Waals surface area contributed by atoms with Gasteiger partial charge in [0, 0.05) is 24.4 Å². The molecule has 0 aliphatic heterocycles. The van der Waals surface area contributed by atoms with Gasteiger partial charge in [-0.1, -0.05) is 0 Å². The molecule has 0 aliphatic rings. The normalized spacial score (nSPS) is 10.3. The summed E-state index contributed by atoms with van der Waals surface area (Å²) in [7, 11) is 0. The molecule has 0 radical (unpaired) electrons. The molecule has 0 spiro atoms. The summed E-state index contributed by atoms with van der Waals surface area (Å²) in [6, 6.07) is 7.38. The molecule has 1 heterocycles. The minimum Gasteiger partial charge on any atom is -0.321 e. The molecule has 1 aromatic heterocycles. The molecule has 1 aromatic carbocycles. The van der Waals surface area contributed by atoms with E-state index in [1.807, 2.05) is 13.8 Å².